The molecule has 0 radical (unpaired) electrons. The second-order valence-corrected chi connectivity index (χ2v) is 5.22. The van der Waals surface area contributed by atoms with Crippen molar-refractivity contribution in [1.29, 1.82) is 0 Å². The number of nitrogens with two attached hydrogens (primary N) is 1. The van der Waals surface area contributed by atoms with Gasteiger partial charge < -0.3 is 5.73 Å². The van der Waals surface area contributed by atoms with Gasteiger partial charge in [0.25, 0.3) is 0 Å². The van der Waals surface area contributed by atoms with E-state index in [1.165, 1.54) is 6.07 Å². The molecule has 0 amide bonds. The summed E-state index contributed by atoms with van der Waals surface area (Å²) in [5, 5.41) is 1.16. The van der Waals surface area contributed by atoms with Crippen LogP contribution in [-0.4, -0.2) is 9.97 Å². The van der Waals surface area contributed by atoms with Gasteiger partial charge in [0.1, 0.15) is 10.3 Å². The summed E-state index contributed by atoms with van der Waals surface area (Å²) in [6.07, 6.45) is 0. The summed E-state index contributed by atoms with van der Waals surface area (Å²) in [4.78, 5) is 7.63. The van der Waals surface area contributed by atoms with E-state index in [2.05, 4.69) is 9.97 Å². The molecule has 94 valence electrons. The highest BCUT2D eigenvalue weighted by Gasteiger charge is 2.17. The second-order valence-electron chi connectivity index (χ2n) is 3.28. The number of hydrogen-bond donors (Lipinski definition) is 1. The summed E-state index contributed by atoms with van der Waals surface area (Å²) in [7, 11) is 0. The number of aromatic nitrogens is 2. The largest absolute Gasteiger partial charge is 0.368 e. The highest BCUT2D eigenvalue weighted by atomic mass is 35.5. The summed E-state index contributed by atoms with van der Waals surface area (Å²) < 4.78 is 0. The maximum Gasteiger partial charge on any atom is 0.222 e. The molecular weight excluding hydrogens is 339 g/mol. The second kappa shape index (κ2) is 5.27. The van der Waals surface area contributed by atoms with E-state index in [1.807, 2.05) is 0 Å². The van der Waals surface area contributed by atoms with Gasteiger partial charge >= 0.3 is 0 Å². The summed E-state index contributed by atoms with van der Waals surface area (Å²) in [5.74, 6) is -0.0232. The average molecular weight is 343 g/mol. The van der Waals surface area contributed by atoms with Gasteiger partial charge in [-0.05, 0) is 12.1 Å². The molecule has 0 saturated carbocycles. The zero-order chi connectivity index (χ0) is 13.4. The molecule has 1 heterocycles. The van der Waals surface area contributed by atoms with Crippen molar-refractivity contribution < 1.29 is 0 Å². The Morgan fingerprint density at radius 2 is 1.28 bits per heavy atom. The highest BCUT2D eigenvalue weighted by Crippen LogP contribution is 2.40. The van der Waals surface area contributed by atoms with E-state index in [9.17, 15) is 0 Å². The Bertz CT molecular complexity index is 606. The first-order chi connectivity index (χ1) is 8.40. The molecule has 8 heteroatoms. The molecule has 1 aromatic heterocycles. The predicted molar refractivity (Wildman–Crippen MR) is 76.9 cm³/mol. The Hall–Kier alpha value is -0.450. The number of hydrogen-bond acceptors (Lipinski definition) is 3. The molecule has 0 aliphatic heterocycles. The van der Waals surface area contributed by atoms with Crippen LogP contribution in [0.4, 0.5) is 5.95 Å². The summed E-state index contributed by atoms with van der Waals surface area (Å²) in [6.45, 7) is 0. The van der Waals surface area contributed by atoms with E-state index in [0.717, 1.165) is 0 Å². The Kier molecular flexibility index (Phi) is 4.09. The van der Waals surface area contributed by atoms with Gasteiger partial charge in [-0.1, -0.05) is 58.0 Å². The van der Waals surface area contributed by atoms with Gasteiger partial charge in [-0.2, -0.15) is 0 Å². The molecule has 1 aromatic carbocycles. The average Bonchev–Trinajstić information content (AvgIpc) is 2.24. The SMILES string of the molecule is Nc1nc(Cl)c(-c2cc(Cl)c(Cl)cc2Cl)c(Cl)n1. The number of halogens is 5. The van der Waals surface area contributed by atoms with Gasteiger partial charge in [0.05, 0.1) is 20.6 Å². The van der Waals surface area contributed by atoms with Gasteiger partial charge in [0.2, 0.25) is 5.95 Å². The van der Waals surface area contributed by atoms with Crippen LogP contribution < -0.4 is 5.73 Å². The van der Waals surface area contributed by atoms with E-state index < -0.39 is 0 Å². The van der Waals surface area contributed by atoms with E-state index in [0.29, 0.717) is 26.2 Å². The van der Waals surface area contributed by atoms with Crippen LogP contribution in [0.15, 0.2) is 12.1 Å². The smallest absolute Gasteiger partial charge is 0.222 e. The maximum atomic E-state index is 6.07. The third-order valence-electron chi connectivity index (χ3n) is 2.12. The van der Waals surface area contributed by atoms with Crippen molar-refractivity contribution in [3.63, 3.8) is 0 Å². The molecule has 0 saturated heterocycles. The van der Waals surface area contributed by atoms with Gasteiger partial charge in [-0.25, -0.2) is 9.97 Å². The van der Waals surface area contributed by atoms with E-state index in [1.54, 1.807) is 6.07 Å². The fraction of sp³-hybridized carbons (Fsp3) is 0. The maximum absolute atomic E-state index is 6.07. The summed E-state index contributed by atoms with van der Waals surface area (Å²) in [6, 6.07) is 3.03. The standard InChI is InChI=1S/C10H4Cl5N3/c11-4-2-6(13)5(12)1-3(4)7-8(14)17-10(16)18-9(7)15/h1-2H,(H2,16,17,18). The number of benzene rings is 1. The molecule has 3 nitrogen and oxygen atoms in total. The molecule has 0 aliphatic rings. The predicted octanol–water partition coefficient (Wildman–Crippen LogP) is 4.99. The molecular formula is C10H4Cl5N3. The van der Waals surface area contributed by atoms with Crippen molar-refractivity contribution in [3.8, 4) is 11.1 Å². The van der Waals surface area contributed by atoms with Crippen molar-refractivity contribution in [2.45, 2.75) is 0 Å². The number of nitrogens with zero attached hydrogens (tertiary/aromatic N) is 2. The zero-order valence-corrected chi connectivity index (χ0v) is 12.3. The molecule has 18 heavy (non-hydrogen) atoms. The molecule has 2 N–H and O–H groups in total. The molecule has 0 bridgehead atoms. The van der Waals surface area contributed by atoms with Crippen LogP contribution in [0.3, 0.4) is 0 Å². The van der Waals surface area contributed by atoms with Crippen molar-refractivity contribution in [2.24, 2.45) is 0 Å². The number of anilines is 1. The molecule has 2 rings (SSSR count). The lowest BCUT2D eigenvalue weighted by molar-refractivity contribution is 1.19. The lowest BCUT2D eigenvalue weighted by Crippen LogP contribution is -1.98. The normalized spacial score (nSPS) is 10.7. The summed E-state index contributed by atoms with van der Waals surface area (Å²) in [5.41, 5.74) is 6.27. The van der Waals surface area contributed by atoms with Gasteiger partial charge in [0, 0.05) is 5.56 Å². The zero-order valence-electron chi connectivity index (χ0n) is 8.52. The van der Waals surface area contributed by atoms with Crippen LogP contribution in [0.1, 0.15) is 0 Å². The summed E-state index contributed by atoms with van der Waals surface area (Å²) >= 11 is 29.8. The molecule has 0 fully saturated rings. The minimum atomic E-state index is -0.0232. The first kappa shape index (κ1) is 14.0. The van der Waals surface area contributed by atoms with Gasteiger partial charge in [-0.15, -0.1) is 0 Å². The Morgan fingerprint density at radius 3 is 1.83 bits per heavy atom. The number of rotatable bonds is 1. The van der Waals surface area contributed by atoms with E-state index >= 15 is 0 Å². The quantitative estimate of drug-likeness (QED) is 0.586. The van der Waals surface area contributed by atoms with Crippen LogP contribution in [0.2, 0.25) is 25.4 Å². The number of nitrogen functional groups attached to an aromatic ring is 1. The fourth-order valence-electron chi connectivity index (χ4n) is 1.36. The lowest BCUT2D eigenvalue weighted by atomic mass is 10.1. The van der Waals surface area contributed by atoms with Crippen LogP contribution in [0, 0.1) is 0 Å². The Labute approximate surface area is 128 Å². The monoisotopic (exact) mass is 341 g/mol. The van der Waals surface area contributed by atoms with Crippen LogP contribution >= 0.6 is 58.0 Å². The van der Waals surface area contributed by atoms with Crippen LogP contribution in [-0.2, 0) is 0 Å². The molecule has 0 atom stereocenters. The highest BCUT2D eigenvalue weighted by molar-refractivity contribution is 6.45. The van der Waals surface area contributed by atoms with Crippen LogP contribution in [0.25, 0.3) is 11.1 Å². The van der Waals surface area contributed by atoms with E-state index in [-0.39, 0.29) is 16.3 Å². The Balaban J connectivity index is 2.73. The molecule has 0 aliphatic carbocycles. The fourth-order valence-corrected chi connectivity index (χ4v) is 2.60. The van der Waals surface area contributed by atoms with Crippen molar-refractivity contribution in [1.82, 2.24) is 9.97 Å². The topological polar surface area (TPSA) is 51.8 Å². The minimum Gasteiger partial charge on any atom is -0.368 e. The minimum absolute atomic E-state index is 0.0232. The van der Waals surface area contributed by atoms with E-state index in [4.69, 9.17) is 63.7 Å². The lowest BCUT2D eigenvalue weighted by Gasteiger charge is -2.09. The van der Waals surface area contributed by atoms with Crippen molar-refractivity contribution >= 4 is 64.0 Å². The molecule has 0 unspecified atom stereocenters. The third kappa shape index (κ3) is 2.60. The molecule has 0 spiro atoms. The van der Waals surface area contributed by atoms with Crippen molar-refractivity contribution in [2.75, 3.05) is 5.73 Å². The first-order valence-electron chi connectivity index (χ1n) is 4.53. The first-order valence-corrected chi connectivity index (χ1v) is 6.42. The Morgan fingerprint density at radius 1 is 0.778 bits per heavy atom. The van der Waals surface area contributed by atoms with Crippen LogP contribution in [0.5, 0.6) is 0 Å². The van der Waals surface area contributed by atoms with Gasteiger partial charge in [-0.3, -0.25) is 0 Å². The third-order valence-corrected chi connectivity index (χ3v) is 3.70. The molecule has 2 aromatic rings. The van der Waals surface area contributed by atoms with Crippen molar-refractivity contribution in [3.05, 3.63) is 37.5 Å². The van der Waals surface area contributed by atoms with Gasteiger partial charge in [0.15, 0.2) is 0 Å².